The summed E-state index contributed by atoms with van der Waals surface area (Å²) in [6, 6.07) is 10.2. The molecule has 2 rings (SSSR count). The van der Waals surface area contributed by atoms with E-state index in [2.05, 4.69) is 15.6 Å². The van der Waals surface area contributed by atoms with Crippen molar-refractivity contribution in [3.05, 3.63) is 35.9 Å². The van der Waals surface area contributed by atoms with Crippen molar-refractivity contribution in [2.75, 3.05) is 39.3 Å². The first-order chi connectivity index (χ1) is 14.6. The van der Waals surface area contributed by atoms with Crippen LogP contribution in [0.4, 0.5) is 4.79 Å². The summed E-state index contributed by atoms with van der Waals surface area (Å²) in [5.74, 6) is 0.631. The molecule has 0 aliphatic carbocycles. The molecule has 2 amide bonds. The standard InChI is InChI=1S/C22H35N5O3/c1-4-23-21(25-19-12-14-27(15-13-19)22(29)30-6-3)24-16-20(28)26(5-2)17-18-10-8-7-9-11-18/h7-11,19H,4-6,12-17H2,1-3H3,(H2,23,24,25). The number of nitrogens with one attached hydrogen (secondary N) is 2. The number of ether oxygens (including phenoxy) is 1. The summed E-state index contributed by atoms with van der Waals surface area (Å²) >= 11 is 0. The van der Waals surface area contributed by atoms with E-state index in [1.807, 2.05) is 51.1 Å². The van der Waals surface area contributed by atoms with Gasteiger partial charge in [0.15, 0.2) is 5.96 Å². The number of aliphatic imine (C=N–C) groups is 1. The Morgan fingerprint density at radius 2 is 1.87 bits per heavy atom. The highest BCUT2D eigenvalue weighted by Crippen LogP contribution is 2.11. The van der Waals surface area contributed by atoms with Crippen LogP contribution in [0.1, 0.15) is 39.2 Å². The fraction of sp³-hybridized carbons (Fsp3) is 0.591. The van der Waals surface area contributed by atoms with Crippen LogP contribution in [-0.2, 0) is 16.1 Å². The van der Waals surface area contributed by atoms with Crippen LogP contribution in [0.2, 0.25) is 0 Å². The van der Waals surface area contributed by atoms with Gasteiger partial charge in [-0.1, -0.05) is 30.3 Å². The number of carbonyl (C=O) groups is 2. The summed E-state index contributed by atoms with van der Waals surface area (Å²) in [6.07, 6.45) is 1.37. The average Bonchev–Trinajstić information content (AvgIpc) is 2.77. The van der Waals surface area contributed by atoms with Crippen LogP contribution >= 0.6 is 0 Å². The molecule has 1 aromatic rings. The van der Waals surface area contributed by atoms with Crippen LogP contribution in [0.5, 0.6) is 0 Å². The zero-order chi connectivity index (χ0) is 21.8. The minimum Gasteiger partial charge on any atom is -0.450 e. The first kappa shape index (κ1) is 23.5. The number of nitrogens with zero attached hydrogens (tertiary/aromatic N) is 3. The number of hydrogen-bond acceptors (Lipinski definition) is 4. The number of guanidine groups is 1. The lowest BCUT2D eigenvalue weighted by molar-refractivity contribution is -0.130. The Hall–Kier alpha value is -2.77. The predicted octanol–water partition coefficient (Wildman–Crippen LogP) is 2.21. The minimum absolute atomic E-state index is 0.00399. The highest BCUT2D eigenvalue weighted by molar-refractivity contribution is 5.85. The number of rotatable bonds is 8. The van der Waals surface area contributed by atoms with Gasteiger partial charge in [0, 0.05) is 38.8 Å². The summed E-state index contributed by atoms with van der Waals surface area (Å²) < 4.78 is 5.07. The Balaban J connectivity index is 1.87. The lowest BCUT2D eigenvalue weighted by Gasteiger charge is -2.32. The molecule has 0 atom stereocenters. The molecule has 1 aliphatic rings. The third-order valence-electron chi connectivity index (χ3n) is 5.03. The smallest absolute Gasteiger partial charge is 0.409 e. The van der Waals surface area contributed by atoms with Gasteiger partial charge < -0.3 is 25.2 Å². The fourth-order valence-electron chi connectivity index (χ4n) is 3.36. The van der Waals surface area contributed by atoms with E-state index in [-0.39, 0.29) is 24.6 Å². The van der Waals surface area contributed by atoms with Gasteiger partial charge in [0.2, 0.25) is 5.91 Å². The Bertz CT molecular complexity index is 687. The Morgan fingerprint density at radius 1 is 1.17 bits per heavy atom. The number of amides is 2. The average molecular weight is 418 g/mol. The van der Waals surface area contributed by atoms with Crippen LogP contribution in [-0.4, -0.2) is 73.1 Å². The number of carbonyl (C=O) groups excluding carboxylic acids is 2. The molecule has 0 bridgehead atoms. The first-order valence-corrected chi connectivity index (χ1v) is 10.9. The first-order valence-electron chi connectivity index (χ1n) is 10.9. The molecule has 0 aromatic heterocycles. The van der Waals surface area contributed by atoms with E-state index < -0.39 is 0 Å². The van der Waals surface area contributed by atoms with Gasteiger partial charge in [-0.05, 0) is 39.2 Å². The van der Waals surface area contributed by atoms with Gasteiger partial charge in [-0.2, -0.15) is 0 Å². The monoisotopic (exact) mass is 417 g/mol. The largest absolute Gasteiger partial charge is 0.450 e. The highest BCUT2D eigenvalue weighted by atomic mass is 16.6. The molecule has 8 nitrogen and oxygen atoms in total. The summed E-state index contributed by atoms with van der Waals surface area (Å²) in [5, 5.41) is 6.61. The maximum Gasteiger partial charge on any atom is 0.409 e. The van der Waals surface area contributed by atoms with Crippen molar-refractivity contribution in [2.24, 2.45) is 4.99 Å². The topological polar surface area (TPSA) is 86.3 Å². The third-order valence-corrected chi connectivity index (χ3v) is 5.03. The second kappa shape index (κ2) is 12.7. The summed E-state index contributed by atoms with van der Waals surface area (Å²) in [7, 11) is 0. The summed E-state index contributed by atoms with van der Waals surface area (Å²) in [5.41, 5.74) is 1.11. The van der Waals surface area contributed by atoms with Crippen molar-refractivity contribution in [2.45, 2.75) is 46.2 Å². The summed E-state index contributed by atoms with van der Waals surface area (Å²) in [6.45, 7) is 9.50. The molecule has 0 saturated carbocycles. The number of likely N-dealkylation sites (tertiary alicyclic amines) is 1. The van der Waals surface area contributed by atoms with Crippen molar-refractivity contribution in [3.8, 4) is 0 Å². The molecule has 8 heteroatoms. The molecule has 166 valence electrons. The lowest BCUT2D eigenvalue weighted by Crippen LogP contribution is -2.50. The molecule has 2 N–H and O–H groups in total. The number of hydrogen-bond donors (Lipinski definition) is 2. The van der Waals surface area contributed by atoms with E-state index in [1.165, 1.54) is 0 Å². The van der Waals surface area contributed by atoms with E-state index in [0.717, 1.165) is 18.4 Å². The maximum absolute atomic E-state index is 12.7. The van der Waals surface area contributed by atoms with Gasteiger partial charge in [-0.15, -0.1) is 0 Å². The van der Waals surface area contributed by atoms with Gasteiger partial charge in [-0.25, -0.2) is 9.79 Å². The number of piperidine rings is 1. The lowest BCUT2D eigenvalue weighted by atomic mass is 10.1. The van der Waals surface area contributed by atoms with Gasteiger partial charge in [0.25, 0.3) is 0 Å². The quantitative estimate of drug-likeness (QED) is 0.500. The normalized spacial score (nSPS) is 14.9. The van der Waals surface area contributed by atoms with Crippen LogP contribution in [0, 0.1) is 0 Å². The molecular formula is C22H35N5O3. The molecule has 30 heavy (non-hydrogen) atoms. The third kappa shape index (κ3) is 7.57. The van der Waals surface area contributed by atoms with Crippen molar-refractivity contribution in [1.29, 1.82) is 0 Å². The minimum atomic E-state index is -0.250. The molecule has 0 spiro atoms. The van der Waals surface area contributed by atoms with Crippen LogP contribution in [0.25, 0.3) is 0 Å². The second-order valence-corrected chi connectivity index (χ2v) is 7.19. The fourth-order valence-corrected chi connectivity index (χ4v) is 3.36. The number of likely N-dealkylation sites (N-methyl/N-ethyl adjacent to an activating group) is 1. The Kier molecular flexibility index (Phi) is 9.97. The molecule has 1 aromatic carbocycles. The molecule has 0 radical (unpaired) electrons. The van der Waals surface area contributed by atoms with E-state index in [1.54, 1.807) is 9.80 Å². The van der Waals surface area contributed by atoms with E-state index in [0.29, 0.717) is 45.3 Å². The number of benzene rings is 1. The summed E-state index contributed by atoms with van der Waals surface area (Å²) in [4.78, 5) is 32.5. The predicted molar refractivity (Wildman–Crippen MR) is 118 cm³/mol. The van der Waals surface area contributed by atoms with Crippen LogP contribution in [0.15, 0.2) is 35.3 Å². The van der Waals surface area contributed by atoms with Crippen molar-refractivity contribution in [3.63, 3.8) is 0 Å². The zero-order valence-corrected chi connectivity index (χ0v) is 18.4. The van der Waals surface area contributed by atoms with Crippen molar-refractivity contribution >= 4 is 18.0 Å². The van der Waals surface area contributed by atoms with E-state index >= 15 is 0 Å². The molecule has 1 fully saturated rings. The second-order valence-electron chi connectivity index (χ2n) is 7.19. The molecule has 1 aliphatic heterocycles. The Morgan fingerprint density at radius 3 is 2.47 bits per heavy atom. The van der Waals surface area contributed by atoms with Crippen molar-refractivity contribution < 1.29 is 14.3 Å². The van der Waals surface area contributed by atoms with Gasteiger partial charge in [0.1, 0.15) is 6.54 Å². The zero-order valence-electron chi connectivity index (χ0n) is 18.4. The molecule has 1 heterocycles. The van der Waals surface area contributed by atoms with Gasteiger partial charge >= 0.3 is 6.09 Å². The highest BCUT2D eigenvalue weighted by Gasteiger charge is 2.24. The Labute approximate surface area is 179 Å². The van der Waals surface area contributed by atoms with Crippen LogP contribution in [0.3, 0.4) is 0 Å². The molecule has 0 unspecified atom stereocenters. The molecule has 1 saturated heterocycles. The van der Waals surface area contributed by atoms with E-state index in [4.69, 9.17) is 4.74 Å². The van der Waals surface area contributed by atoms with Crippen molar-refractivity contribution in [1.82, 2.24) is 20.4 Å². The van der Waals surface area contributed by atoms with E-state index in [9.17, 15) is 9.59 Å². The SMILES string of the molecule is CCNC(=NCC(=O)N(CC)Cc1ccccc1)NC1CCN(C(=O)OCC)CC1. The molecular weight excluding hydrogens is 382 g/mol. The van der Waals surface area contributed by atoms with Gasteiger partial charge in [-0.3, -0.25) is 4.79 Å². The van der Waals surface area contributed by atoms with Gasteiger partial charge in [0.05, 0.1) is 6.61 Å². The van der Waals surface area contributed by atoms with Crippen LogP contribution < -0.4 is 10.6 Å². The maximum atomic E-state index is 12.7.